The fourth-order valence-electron chi connectivity index (χ4n) is 1.03. The van der Waals surface area contributed by atoms with E-state index in [0.29, 0.717) is 10.1 Å². The third-order valence-corrected chi connectivity index (χ3v) is 4.10. The van der Waals surface area contributed by atoms with Crippen molar-refractivity contribution in [3.8, 4) is 0 Å². The van der Waals surface area contributed by atoms with E-state index in [1.165, 1.54) is 3.07 Å². The maximum atomic E-state index is 5.63. The van der Waals surface area contributed by atoms with E-state index in [9.17, 15) is 0 Å². The monoisotopic (exact) mass is 482 g/mol. The van der Waals surface area contributed by atoms with Gasteiger partial charge in [0.15, 0.2) is 0 Å². The first-order valence-electron chi connectivity index (χ1n) is 5.04. The van der Waals surface area contributed by atoms with Crippen molar-refractivity contribution >= 4 is 49.7 Å². The van der Waals surface area contributed by atoms with E-state index in [0.717, 1.165) is 31.1 Å². The molecule has 0 saturated heterocycles. The van der Waals surface area contributed by atoms with Crippen LogP contribution in [0.25, 0.3) is 0 Å². The first kappa shape index (κ1) is 15.8. The van der Waals surface area contributed by atoms with Crippen molar-refractivity contribution in [2.45, 2.75) is 0 Å². The Kier molecular flexibility index (Phi) is 7.66. The van der Waals surface area contributed by atoms with Gasteiger partial charge in [-0.1, -0.05) is 10.4 Å². The molecular formula is C12H9ClHgN2S2. The topological polar surface area (TPSA) is 24.9 Å². The normalized spacial score (nSPS) is 9.06. The molecule has 18 heavy (non-hydrogen) atoms. The van der Waals surface area contributed by atoms with E-state index in [1.54, 1.807) is 12.3 Å². The van der Waals surface area contributed by atoms with Gasteiger partial charge in [-0.2, -0.15) is 0 Å². The molecule has 0 saturated carbocycles. The minimum Gasteiger partial charge on any atom is -0.411 e. The molecule has 0 amide bonds. The number of rotatable bonds is 1. The summed E-state index contributed by atoms with van der Waals surface area (Å²) in [6.45, 7) is 0. The molecule has 2 aromatic rings. The van der Waals surface area contributed by atoms with Gasteiger partial charge in [-0.15, -0.1) is 0 Å². The maximum Gasteiger partial charge on any atom is 0.128 e. The number of nitrogens with one attached hydrogen (secondary N) is 1. The Morgan fingerprint density at radius 3 is 2.33 bits per heavy atom. The van der Waals surface area contributed by atoms with Crippen LogP contribution in [0.2, 0.25) is 5.02 Å². The van der Waals surface area contributed by atoms with Crippen molar-refractivity contribution in [2.24, 2.45) is 0 Å². The number of hydrogen-bond acceptors (Lipinski definition) is 3. The van der Waals surface area contributed by atoms with Crippen molar-refractivity contribution in [3.05, 3.63) is 53.7 Å². The summed E-state index contributed by atoms with van der Waals surface area (Å²) in [7, 11) is 0. The molecule has 0 unspecified atom stereocenters. The molecule has 0 spiro atoms. The summed E-state index contributed by atoms with van der Waals surface area (Å²) in [5.41, 5.74) is 0. The molecule has 1 heterocycles. The molecule has 1 N–H and O–H groups in total. The second-order valence-electron chi connectivity index (χ2n) is 3.25. The van der Waals surface area contributed by atoms with Crippen LogP contribution in [0, 0.1) is 0 Å². The molecule has 0 fully saturated rings. The molecule has 0 aliphatic heterocycles. The van der Waals surface area contributed by atoms with Gasteiger partial charge in [0.2, 0.25) is 0 Å². The minimum atomic E-state index is 0.318. The minimum absolute atomic E-state index is 0.318. The summed E-state index contributed by atoms with van der Waals surface area (Å²) >= 11 is 15.7. The smallest absolute Gasteiger partial charge is 0.128 e. The van der Waals surface area contributed by atoms with Crippen LogP contribution in [-0.2, 0) is 38.8 Å². The van der Waals surface area contributed by atoms with Crippen LogP contribution in [0.15, 0.2) is 48.7 Å². The Morgan fingerprint density at radius 1 is 1.22 bits per heavy atom. The average molecular weight is 481 g/mol. The van der Waals surface area contributed by atoms with Gasteiger partial charge < -0.3 is 30.2 Å². The van der Waals surface area contributed by atoms with Crippen molar-refractivity contribution in [1.29, 1.82) is 0 Å². The molecule has 0 aliphatic rings. The first-order valence-corrected chi connectivity index (χ1v) is 8.99. The molecule has 2 nitrogen and oxygen atoms in total. The fourth-order valence-corrected chi connectivity index (χ4v) is 2.28. The van der Waals surface area contributed by atoms with Crippen LogP contribution in [0.5, 0.6) is 0 Å². The Morgan fingerprint density at radius 2 is 1.89 bits per heavy atom. The second kappa shape index (κ2) is 8.75. The van der Waals surface area contributed by atoms with Gasteiger partial charge in [0.05, 0.1) is 0 Å². The van der Waals surface area contributed by atoms with Crippen molar-refractivity contribution in [3.63, 3.8) is 0 Å². The standard InChI is InChI=1S/C6H4Cl.C6H6N2S2.Hg/c7-6-4-2-1-3-5-6;9-6(10)8-5-3-1-2-4-7-5;/h2-5H;1-4H,(H2,7,8,9,10);/q;;+1/p-1. The average Bonchev–Trinajstić information content (AvgIpc) is 2.34. The number of hydrogen-bond donors (Lipinski definition) is 1. The van der Waals surface area contributed by atoms with Crippen LogP contribution in [0.4, 0.5) is 5.82 Å². The van der Waals surface area contributed by atoms with Gasteiger partial charge in [-0.3, -0.25) is 0 Å². The van der Waals surface area contributed by atoms with Gasteiger partial charge in [-0.25, -0.2) is 4.98 Å². The van der Waals surface area contributed by atoms with Crippen molar-refractivity contribution < 1.29 is 26.1 Å². The van der Waals surface area contributed by atoms with Crippen LogP contribution < -0.4 is 8.39 Å². The molecular weight excluding hydrogens is 472 g/mol. The number of anilines is 1. The number of thiocarbonyl (C=S) groups is 1. The number of aromatic nitrogens is 1. The third-order valence-electron chi connectivity index (χ3n) is 1.81. The summed E-state index contributed by atoms with van der Waals surface area (Å²) in [4.78, 5) is 3.95. The molecule has 1 aromatic carbocycles. The molecule has 2 rings (SSSR count). The summed E-state index contributed by atoms with van der Waals surface area (Å²) in [5, 5.41) is 3.57. The third kappa shape index (κ3) is 7.21. The summed E-state index contributed by atoms with van der Waals surface area (Å²) in [6, 6.07) is 13.5. The zero-order valence-corrected chi connectivity index (χ0v) is 17.4. The Labute approximate surface area is 139 Å². The SMILES string of the molecule is Clc1cc[c]([Hg+])cc1.S=C([S-])Nc1ccccn1. The van der Waals surface area contributed by atoms with Gasteiger partial charge in [0.1, 0.15) is 5.82 Å². The van der Waals surface area contributed by atoms with E-state index in [-0.39, 0.29) is 0 Å². The first-order chi connectivity index (χ1) is 8.58. The molecule has 6 heteroatoms. The van der Waals surface area contributed by atoms with E-state index < -0.39 is 0 Å². The van der Waals surface area contributed by atoms with E-state index in [2.05, 4.69) is 47.3 Å². The van der Waals surface area contributed by atoms with Crippen LogP contribution >= 0.6 is 23.8 Å². The Hall–Kier alpha value is -0.295. The number of benzene rings is 1. The molecule has 0 bridgehead atoms. The van der Waals surface area contributed by atoms with Gasteiger partial charge in [-0.05, 0) is 12.1 Å². The zero-order chi connectivity index (χ0) is 13.4. The quantitative estimate of drug-likeness (QED) is 0.385. The molecule has 0 aliphatic carbocycles. The van der Waals surface area contributed by atoms with E-state index in [1.807, 2.05) is 24.3 Å². The molecule has 1 aromatic heterocycles. The fraction of sp³-hybridized carbons (Fsp3) is 0. The summed E-state index contributed by atoms with van der Waals surface area (Å²) < 4.78 is 1.76. The molecule has 88 valence electrons. The number of pyridine rings is 1. The Balaban J connectivity index is 0.000000184. The van der Waals surface area contributed by atoms with Crippen LogP contribution in [0.3, 0.4) is 0 Å². The Bertz CT molecular complexity index is 470. The van der Waals surface area contributed by atoms with Crippen LogP contribution in [0.1, 0.15) is 0 Å². The van der Waals surface area contributed by atoms with Crippen molar-refractivity contribution in [1.82, 2.24) is 4.98 Å². The van der Waals surface area contributed by atoms with E-state index in [4.69, 9.17) is 11.6 Å². The van der Waals surface area contributed by atoms with Gasteiger partial charge in [0, 0.05) is 6.20 Å². The van der Waals surface area contributed by atoms with E-state index >= 15 is 0 Å². The zero-order valence-electron chi connectivity index (χ0n) is 9.47. The predicted molar refractivity (Wildman–Crippen MR) is 78.9 cm³/mol. The van der Waals surface area contributed by atoms with Gasteiger partial charge >= 0.3 is 70.1 Å². The molecule has 0 atom stereocenters. The summed E-state index contributed by atoms with van der Waals surface area (Å²) in [5.74, 6) is 0.697. The van der Waals surface area contributed by atoms with Crippen LogP contribution in [-0.4, -0.2) is 9.30 Å². The molecule has 0 radical (unpaired) electrons. The largest absolute Gasteiger partial charge is 0.411 e. The summed E-state index contributed by atoms with van der Waals surface area (Å²) in [6.07, 6.45) is 1.68. The predicted octanol–water partition coefficient (Wildman–Crippen LogP) is 2.84. The second-order valence-corrected chi connectivity index (χ2v) is 7.94. The number of halogens is 1. The number of nitrogens with zero attached hydrogens (tertiary/aromatic N) is 1. The van der Waals surface area contributed by atoms with Gasteiger partial charge in [0.25, 0.3) is 0 Å². The van der Waals surface area contributed by atoms with Crippen molar-refractivity contribution in [2.75, 3.05) is 5.32 Å². The maximum absolute atomic E-state index is 5.63.